The molecule has 8 heteroatoms. The smallest absolute Gasteiger partial charge is 0.317 e. The number of hydrogen-bond donors (Lipinski definition) is 4. The molecule has 8 nitrogen and oxygen atoms in total. The number of hydrogen-bond acceptors (Lipinski definition) is 5. The number of aromatic amines is 1. The van der Waals surface area contributed by atoms with Crippen molar-refractivity contribution in [2.45, 2.75) is 13.0 Å². The van der Waals surface area contributed by atoms with E-state index in [9.17, 15) is 9.59 Å². The number of carboxylic acids is 1. The first-order valence-corrected chi connectivity index (χ1v) is 9.26. The summed E-state index contributed by atoms with van der Waals surface area (Å²) in [6.07, 6.45) is 16.0. The van der Waals surface area contributed by atoms with Crippen LogP contribution in [0.1, 0.15) is 12.5 Å². The second-order valence-corrected chi connectivity index (χ2v) is 6.77. The van der Waals surface area contributed by atoms with E-state index in [1.165, 1.54) is 6.08 Å². The van der Waals surface area contributed by atoms with E-state index in [2.05, 4.69) is 25.8 Å². The maximum Gasteiger partial charge on any atom is 0.317 e. The molecular weight excluding hydrogens is 370 g/mol. The summed E-state index contributed by atoms with van der Waals surface area (Å²) in [6.45, 7) is 2.40. The van der Waals surface area contributed by atoms with Gasteiger partial charge in [-0.15, -0.1) is 0 Å². The average Bonchev–Trinajstić information content (AvgIpc) is 3.23. The molecule has 29 heavy (non-hydrogen) atoms. The van der Waals surface area contributed by atoms with E-state index in [0.29, 0.717) is 6.54 Å². The Morgan fingerprint density at radius 3 is 2.93 bits per heavy atom. The largest absolute Gasteiger partial charge is 0.480 e. The van der Waals surface area contributed by atoms with Crippen molar-refractivity contribution in [3.63, 3.8) is 0 Å². The summed E-state index contributed by atoms with van der Waals surface area (Å²) in [4.78, 5) is 27.1. The predicted octanol–water partition coefficient (Wildman–Crippen LogP) is 1.78. The van der Waals surface area contributed by atoms with Crippen LogP contribution in [0.2, 0.25) is 0 Å². The zero-order valence-corrected chi connectivity index (χ0v) is 16.0. The minimum absolute atomic E-state index is 0.0837. The molecule has 0 fully saturated rings. The number of amides is 1. The fourth-order valence-electron chi connectivity index (χ4n) is 3.09. The maximum absolute atomic E-state index is 12.4. The lowest BCUT2D eigenvalue weighted by Gasteiger charge is -2.23. The highest BCUT2D eigenvalue weighted by Crippen LogP contribution is 2.22. The van der Waals surface area contributed by atoms with Gasteiger partial charge in [0.25, 0.3) is 0 Å². The van der Waals surface area contributed by atoms with Gasteiger partial charge >= 0.3 is 5.97 Å². The van der Waals surface area contributed by atoms with E-state index in [0.717, 1.165) is 22.3 Å². The first-order chi connectivity index (χ1) is 14.0. The highest BCUT2D eigenvalue weighted by Gasteiger charge is 2.18. The minimum Gasteiger partial charge on any atom is -0.480 e. The second-order valence-electron chi connectivity index (χ2n) is 6.77. The molecule has 4 N–H and O–H groups in total. The fourth-order valence-corrected chi connectivity index (χ4v) is 3.09. The molecule has 0 saturated heterocycles. The number of nitrogens with one attached hydrogen (secondary N) is 3. The Morgan fingerprint density at radius 2 is 2.21 bits per heavy atom. The van der Waals surface area contributed by atoms with E-state index in [-0.39, 0.29) is 24.4 Å². The third kappa shape index (κ3) is 5.73. The van der Waals surface area contributed by atoms with Gasteiger partial charge in [0.15, 0.2) is 0 Å². The molecule has 0 aromatic carbocycles. The van der Waals surface area contributed by atoms with Crippen LogP contribution in [-0.4, -0.2) is 51.3 Å². The number of carboxylic acid groups (broad SMARTS) is 1. The summed E-state index contributed by atoms with van der Waals surface area (Å²) in [5, 5.41) is 21.2. The van der Waals surface area contributed by atoms with E-state index in [1.54, 1.807) is 30.9 Å². The van der Waals surface area contributed by atoms with Crippen LogP contribution in [0.4, 0.5) is 0 Å². The molecule has 2 aromatic heterocycles. The van der Waals surface area contributed by atoms with E-state index in [1.807, 2.05) is 31.2 Å². The van der Waals surface area contributed by atoms with Gasteiger partial charge in [-0.3, -0.25) is 19.7 Å². The van der Waals surface area contributed by atoms with E-state index < -0.39 is 5.97 Å². The summed E-state index contributed by atoms with van der Waals surface area (Å²) in [5.74, 6) is -0.992. The van der Waals surface area contributed by atoms with Crippen LogP contribution in [-0.2, 0) is 9.59 Å². The Bertz CT molecular complexity index is 947. The van der Waals surface area contributed by atoms with Crippen molar-refractivity contribution >= 4 is 18.0 Å². The Balaban J connectivity index is 1.58. The SMILES string of the molecule is CC1C=C(CNCC(=O)O)C=CC1NC(=O)/C=C/c1cnccc1-c1cn[nH]c1. The van der Waals surface area contributed by atoms with Gasteiger partial charge in [-0.25, -0.2) is 0 Å². The highest BCUT2D eigenvalue weighted by atomic mass is 16.4. The molecule has 3 rings (SSSR count). The van der Waals surface area contributed by atoms with Crippen molar-refractivity contribution < 1.29 is 14.7 Å². The molecule has 0 saturated carbocycles. The van der Waals surface area contributed by atoms with Crippen LogP contribution < -0.4 is 10.6 Å². The molecule has 2 heterocycles. The highest BCUT2D eigenvalue weighted by molar-refractivity contribution is 5.93. The lowest BCUT2D eigenvalue weighted by Crippen LogP contribution is -2.38. The first-order valence-electron chi connectivity index (χ1n) is 9.26. The predicted molar refractivity (Wildman–Crippen MR) is 110 cm³/mol. The first kappa shape index (κ1) is 20.2. The quantitative estimate of drug-likeness (QED) is 0.508. The van der Waals surface area contributed by atoms with Crippen LogP contribution in [0, 0.1) is 5.92 Å². The van der Waals surface area contributed by atoms with Crippen molar-refractivity contribution in [3.8, 4) is 11.1 Å². The normalized spacial score (nSPS) is 18.6. The topological polar surface area (TPSA) is 120 Å². The standard InChI is InChI=1S/C21H23N5O3/c1-14-8-15(9-23-13-21(28)29)2-4-19(14)26-20(27)5-3-16-10-22-7-6-18(16)17-11-24-25-12-17/h2-8,10-12,14,19,23H,9,13H2,1H3,(H,24,25)(H,26,27)(H,28,29)/b5-3+. The molecule has 1 aliphatic rings. The average molecular weight is 393 g/mol. The molecule has 0 bridgehead atoms. The number of rotatable bonds is 8. The number of aliphatic carboxylic acids is 1. The third-order valence-corrected chi connectivity index (χ3v) is 4.55. The van der Waals surface area contributed by atoms with Gasteiger partial charge < -0.3 is 15.7 Å². The number of pyridine rings is 1. The molecule has 1 amide bonds. The molecule has 2 aromatic rings. The number of nitrogens with zero attached hydrogens (tertiary/aromatic N) is 2. The molecule has 2 unspecified atom stereocenters. The Kier molecular flexibility index (Phi) is 6.70. The van der Waals surface area contributed by atoms with Crippen molar-refractivity contribution in [1.29, 1.82) is 0 Å². The van der Waals surface area contributed by atoms with Gasteiger partial charge in [0.05, 0.1) is 18.8 Å². The van der Waals surface area contributed by atoms with Gasteiger partial charge in [0, 0.05) is 42.3 Å². The fraction of sp³-hybridized carbons (Fsp3) is 0.238. The van der Waals surface area contributed by atoms with Gasteiger partial charge in [0.1, 0.15) is 0 Å². The molecular formula is C21H23N5O3. The minimum atomic E-state index is -0.889. The van der Waals surface area contributed by atoms with Crippen LogP contribution in [0.3, 0.4) is 0 Å². The van der Waals surface area contributed by atoms with Gasteiger partial charge in [0.2, 0.25) is 5.91 Å². The summed E-state index contributed by atoms with van der Waals surface area (Å²) >= 11 is 0. The molecule has 0 radical (unpaired) electrons. The molecule has 2 atom stereocenters. The van der Waals surface area contributed by atoms with Crippen molar-refractivity contribution in [2.24, 2.45) is 5.92 Å². The Hall–Kier alpha value is -3.52. The Morgan fingerprint density at radius 1 is 1.34 bits per heavy atom. The summed E-state index contributed by atoms with van der Waals surface area (Å²) in [6, 6.07) is 1.75. The summed E-state index contributed by atoms with van der Waals surface area (Å²) in [7, 11) is 0. The van der Waals surface area contributed by atoms with E-state index in [4.69, 9.17) is 5.11 Å². The molecule has 0 aliphatic heterocycles. The van der Waals surface area contributed by atoms with Gasteiger partial charge in [-0.1, -0.05) is 25.2 Å². The van der Waals surface area contributed by atoms with Crippen LogP contribution in [0.15, 0.2) is 60.7 Å². The van der Waals surface area contributed by atoms with Crippen LogP contribution in [0.5, 0.6) is 0 Å². The summed E-state index contributed by atoms with van der Waals surface area (Å²) in [5.41, 5.74) is 3.68. The van der Waals surface area contributed by atoms with Gasteiger partial charge in [-0.2, -0.15) is 5.10 Å². The third-order valence-electron chi connectivity index (χ3n) is 4.55. The van der Waals surface area contributed by atoms with Crippen LogP contribution >= 0.6 is 0 Å². The zero-order chi connectivity index (χ0) is 20.6. The second kappa shape index (κ2) is 9.61. The van der Waals surface area contributed by atoms with Crippen molar-refractivity contribution in [3.05, 3.63) is 66.3 Å². The Labute approximate surface area is 168 Å². The monoisotopic (exact) mass is 393 g/mol. The number of carbonyl (C=O) groups excluding carboxylic acids is 1. The lowest BCUT2D eigenvalue weighted by atomic mass is 9.93. The molecule has 1 aliphatic carbocycles. The van der Waals surface area contributed by atoms with Crippen LogP contribution in [0.25, 0.3) is 17.2 Å². The molecule has 0 spiro atoms. The lowest BCUT2D eigenvalue weighted by molar-refractivity contribution is -0.135. The number of aromatic nitrogens is 3. The van der Waals surface area contributed by atoms with Crippen molar-refractivity contribution in [1.82, 2.24) is 25.8 Å². The van der Waals surface area contributed by atoms with Gasteiger partial charge in [-0.05, 0) is 29.2 Å². The van der Waals surface area contributed by atoms with E-state index >= 15 is 0 Å². The zero-order valence-electron chi connectivity index (χ0n) is 16.0. The molecule has 150 valence electrons. The van der Waals surface area contributed by atoms with Crippen molar-refractivity contribution in [2.75, 3.05) is 13.1 Å². The summed E-state index contributed by atoms with van der Waals surface area (Å²) < 4.78 is 0. The maximum atomic E-state index is 12.4. The number of H-pyrrole nitrogens is 1. The number of carbonyl (C=O) groups is 2.